The maximum atomic E-state index is 12.0. The number of hydrogen-bond donors (Lipinski definition) is 0. The van der Waals surface area contributed by atoms with E-state index in [1.54, 1.807) is 0 Å². The van der Waals surface area contributed by atoms with Crippen LogP contribution in [0.4, 0.5) is 12.9 Å². The van der Waals surface area contributed by atoms with E-state index >= 15 is 0 Å². The van der Waals surface area contributed by atoms with E-state index in [-0.39, 0.29) is 11.3 Å². The van der Waals surface area contributed by atoms with Crippen LogP contribution in [0.2, 0.25) is 0 Å². The summed E-state index contributed by atoms with van der Waals surface area (Å²) < 4.78 is 36.0. The lowest BCUT2D eigenvalue weighted by Crippen LogP contribution is -2.20. The number of halogens is 3. The van der Waals surface area contributed by atoms with Crippen LogP contribution in [0.5, 0.6) is 0 Å². The summed E-state index contributed by atoms with van der Waals surface area (Å²) in [6.45, 7) is -4.88. The van der Waals surface area contributed by atoms with Gasteiger partial charge in [-0.05, 0) is 11.5 Å². The smallest absolute Gasteiger partial charge is 0.449 e. The van der Waals surface area contributed by atoms with Crippen molar-refractivity contribution >= 4 is 6.98 Å². The average molecular weight is 185 g/mol. The van der Waals surface area contributed by atoms with Crippen molar-refractivity contribution < 1.29 is 12.9 Å². The normalized spacial score (nSPS) is 10.9. The first kappa shape index (κ1) is 9.58. The van der Waals surface area contributed by atoms with Gasteiger partial charge in [-0.3, -0.25) is 0 Å². The molecule has 0 aliphatic rings. The molecule has 1 heterocycles. The molecule has 1 aromatic heterocycles. The van der Waals surface area contributed by atoms with Gasteiger partial charge in [0, 0.05) is 6.20 Å². The van der Waals surface area contributed by atoms with Crippen molar-refractivity contribution in [3.63, 3.8) is 0 Å². The molecule has 0 N–H and O–H groups in total. The van der Waals surface area contributed by atoms with E-state index in [9.17, 15) is 12.9 Å². The average Bonchev–Trinajstić information content (AvgIpc) is 2.02. The van der Waals surface area contributed by atoms with Crippen LogP contribution in [0.15, 0.2) is 12.5 Å². The fraction of sp³-hybridized carbons (Fsp3) is 0.143. The highest BCUT2D eigenvalue weighted by atomic mass is 19.4. The highest BCUT2D eigenvalue weighted by Gasteiger charge is 2.24. The lowest BCUT2D eigenvalue weighted by molar-refractivity contribution is 0.468. The molecule has 6 heteroatoms. The highest BCUT2D eigenvalue weighted by molar-refractivity contribution is 6.57. The summed E-state index contributed by atoms with van der Waals surface area (Å²) in [5, 5.41) is 0. The number of hydrogen-bond acceptors (Lipinski definition) is 2. The van der Waals surface area contributed by atoms with Crippen molar-refractivity contribution in [2.45, 2.75) is 6.32 Å². The van der Waals surface area contributed by atoms with Crippen LogP contribution < -0.4 is 0 Å². The molecule has 0 aliphatic heterocycles. The molecule has 0 aliphatic carbocycles. The zero-order valence-electron chi connectivity index (χ0n) is 6.54. The minimum Gasteiger partial charge on any atom is -0.449 e. The minimum absolute atomic E-state index is 0.00852. The Morgan fingerprint density at radius 3 is 2.69 bits per heavy atom. The van der Waals surface area contributed by atoms with Crippen molar-refractivity contribution in [2.75, 3.05) is 0 Å². The summed E-state index contributed by atoms with van der Waals surface area (Å²) in [6, 6.07) is 0. The van der Waals surface area contributed by atoms with E-state index < -0.39 is 13.3 Å². The second-order valence-corrected chi connectivity index (χ2v) is 2.46. The Labute approximate surface area is 73.3 Å². The molecule has 0 bridgehead atoms. The monoisotopic (exact) mass is 185 g/mol. The van der Waals surface area contributed by atoms with Crippen molar-refractivity contribution in [3.8, 4) is 12.3 Å². The van der Waals surface area contributed by atoms with E-state index in [4.69, 9.17) is 6.42 Å². The third kappa shape index (κ3) is 2.78. The van der Waals surface area contributed by atoms with Gasteiger partial charge in [0.1, 0.15) is 12.0 Å². The van der Waals surface area contributed by atoms with Gasteiger partial charge < -0.3 is 12.9 Å². The Hall–Kier alpha value is -1.51. The molecule has 0 amide bonds. The van der Waals surface area contributed by atoms with E-state index in [0.717, 1.165) is 12.5 Å². The Kier molecular flexibility index (Phi) is 2.56. The van der Waals surface area contributed by atoms with Crippen molar-refractivity contribution in [1.29, 1.82) is 0 Å². The van der Waals surface area contributed by atoms with Crippen LogP contribution >= 0.6 is 0 Å². The zero-order valence-corrected chi connectivity index (χ0v) is 6.54. The molecule has 2 nitrogen and oxygen atoms in total. The second-order valence-electron chi connectivity index (χ2n) is 2.46. The predicted molar refractivity (Wildman–Crippen MR) is 42.7 cm³/mol. The molecule has 1 aromatic rings. The Morgan fingerprint density at radius 1 is 1.46 bits per heavy atom. The van der Waals surface area contributed by atoms with E-state index in [1.807, 2.05) is 0 Å². The largest absolute Gasteiger partial charge is 0.482 e. The summed E-state index contributed by atoms with van der Waals surface area (Å²) >= 11 is 0. The Bertz CT molecular complexity index is 342. The number of rotatable bonds is 2. The van der Waals surface area contributed by atoms with Gasteiger partial charge in [0.25, 0.3) is 0 Å². The molecule has 0 atom stereocenters. The van der Waals surface area contributed by atoms with Gasteiger partial charge in [0.05, 0.1) is 0 Å². The molecular weight excluding hydrogens is 180 g/mol. The van der Waals surface area contributed by atoms with Gasteiger partial charge in [-0.15, -0.1) is 6.42 Å². The summed E-state index contributed by atoms with van der Waals surface area (Å²) in [6.07, 6.45) is 6.16. The quantitative estimate of drug-likeness (QED) is 0.513. The fourth-order valence-corrected chi connectivity index (χ4v) is 0.887. The lowest BCUT2D eigenvalue weighted by atomic mass is 9.82. The zero-order chi connectivity index (χ0) is 9.90. The second kappa shape index (κ2) is 3.48. The topological polar surface area (TPSA) is 25.8 Å². The molecule has 0 radical (unpaired) electrons. The van der Waals surface area contributed by atoms with Gasteiger partial charge in [-0.2, -0.15) is 0 Å². The maximum absolute atomic E-state index is 12.0. The third-order valence-corrected chi connectivity index (χ3v) is 1.38. The molecule has 0 unspecified atom stereocenters. The molecule has 0 spiro atoms. The molecule has 0 saturated carbocycles. The first-order valence-corrected chi connectivity index (χ1v) is 3.49. The maximum Gasteiger partial charge on any atom is 0.482 e. The first-order valence-electron chi connectivity index (χ1n) is 3.49. The highest BCUT2D eigenvalue weighted by Crippen LogP contribution is 2.16. The number of nitrogens with zero attached hydrogens (tertiary/aromatic N) is 2. The van der Waals surface area contributed by atoms with Crippen molar-refractivity contribution in [1.82, 2.24) is 9.97 Å². The van der Waals surface area contributed by atoms with Crippen LogP contribution in [-0.4, -0.2) is 16.9 Å². The Morgan fingerprint density at radius 2 is 2.15 bits per heavy atom. The Balaban J connectivity index is 2.96. The molecule has 0 aromatic carbocycles. The third-order valence-electron chi connectivity index (χ3n) is 1.38. The summed E-state index contributed by atoms with van der Waals surface area (Å²) in [7, 11) is 0. The lowest BCUT2D eigenvalue weighted by Gasteiger charge is -2.13. The number of aromatic nitrogens is 2. The molecule has 0 fully saturated rings. The van der Waals surface area contributed by atoms with Crippen LogP contribution in [0.25, 0.3) is 0 Å². The van der Waals surface area contributed by atoms with Gasteiger partial charge in [-0.25, -0.2) is 9.97 Å². The summed E-state index contributed by atoms with van der Waals surface area (Å²) in [5.74, 6) is 2.08. The first-order chi connectivity index (χ1) is 6.03. The summed E-state index contributed by atoms with van der Waals surface area (Å²) in [5.41, 5.74) is -0.0355. The van der Waals surface area contributed by atoms with E-state index in [0.29, 0.717) is 0 Å². The van der Waals surface area contributed by atoms with Gasteiger partial charge in [0.2, 0.25) is 0 Å². The predicted octanol–water partition coefficient (Wildman–Crippen LogP) is 1.39. The molecule has 0 saturated heterocycles. The number of terminal acetylenes is 1. The van der Waals surface area contributed by atoms with Crippen LogP contribution in [0, 0.1) is 12.3 Å². The van der Waals surface area contributed by atoms with Crippen LogP contribution in [-0.2, 0) is 6.32 Å². The minimum atomic E-state index is -4.88. The van der Waals surface area contributed by atoms with Crippen molar-refractivity contribution in [3.05, 3.63) is 23.8 Å². The fourth-order valence-electron chi connectivity index (χ4n) is 0.887. The van der Waals surface area contributed by atoms with Crippen LogP contribution in [0.3, 0.4) is 0 Å². The standard InChI is InChI=1S/C7H5BF3N2/c1-2-7-6(3-8(9,10)11)4-12-5-13-7/h1,4-5H,3H2/q-1. The summed E-state index contributed by atoms with van der Waals surface area (Å²) in [4.78, 5) is 7.02. The molecular formula is C7H5BF3N2-. The van der Waals surface area contributed by atoms with Crippen molar-refractivity contribution in [2.24, 2.45) is 0 Å². The molecule has 13 heavy (non-hydrogen) atoms. The molecule has 1 rings (SSSR count). The van der Waals surface area contributed by atoms with Gasteiger partial charge in [-0.1, -0.05) is 6.32 Å². The van der Waals surface area contributed by atoms with Gasteiger partial charge >= 0.3 is 6.98 Å². The van der Waals surface area contributed by atoms with E-state index in [1.165, 1.54) is 0 Å². The van der Waals surface area contributed by atoms with Crippen LogP contribution in [0.1, 0.15) is 11.3 Å². The van der Waals surface area contributed by atoms with E-state index in [2.05, 4.69) is 15.9 Å². The molecule has 68 valence electrons. The SMILES string of the molecule is C#Cc1ncncc1C[B-](F)(F)F. The van der Waals surface area contributed by atoms with Gasteiger partial charge in [0.15, 0.2) is 0 Å².